The first-order valence-corrected chi connectivity index (χ1v) is 7.85. The summed E-state index contributed by atoms with van der Waals surface area (Å²) < 4.78 is 0. The SMILES string of the molecule is CC1(CN)CCN(CCC(=O)Nc2cc(Cl)ccc2Cl)C1.Cl. The van der Waals surface area contributed by atoms with Crippen molar-refractivity contribution in [2.75, 3.05) is 31.5 Å². The summed E-state index contributed by atoms with van der Waals surface area (Å²) in [6.07, 6.45) is 1.52. The molecule has 7 heteroatoms. The van der Waals surface area contributed by atoms with Crippen molar-refractivity contribution < 1.29 is 4.79 Å². The highest BCUT2D eigenvalue weighted by Gasteiger charge is 2.32. The molecule has 1 unspecified atom stereocenters. The predicted molar refractivity (Wildman–Crippen MR) is 95.2 cm³/mol. The Bertz CT molecular complexity index is 527. The zero-order valence-corrected chi connectivity index (χ0v) is 14.9. The van der Waals surface area contributed by atoms with E-state index in [1.54, 1.807) is 18.2 Å². The first kappa shape index (κ1) is 19.5. The first-order valence-electron chi connectivity index (χ1n) is 7.09. The van der Waals surface area contributed by atoms with Gasteiger partial charge in [0.25, 0.3) is 0 Å². The molecule has 0 radical (unpaired) electrons. The smallest absolute Gasteiger partial charge is 0.225 e. The fourth-order valence-corrected chi connectivity index (χ4v) is 2.89. The van der Waals surface area contributed by atoms with E-state index >= 15 is 0 Å². The highest BCUT2D eigenvalue weighted by Crippen LogP contribution is 2.28. The summed E-state index contributed by atoms with van der Waals surface area (Å²) in [7, 11) is 0. The number of carbonyl (C=O) groups is 1. The lowest BCUT2D eigenvalue weighted by Crippen LogP contribution is -2.32. The van der Waals surface area contributed by atoms with Gasteiger partial charge in [0.05, 0.1) is 10.7 Å². The van der Waals surface area contributed by atoms with Crippen LogP contribution in [0.15, 0.2) is 18.2 Å². The molecule has 0 aromatic heterocycles. The van der Waals surface area contributed by atoms with Crippen molar-refractivity contribution in [2.24, 2.45) is 11.1 Å². The number of hydrogen-bond donors (Lipinski definition) is 2. The second-order valence-corrected chi connectivity index (χ2v) is 6.81. The van der Waals surface area contributed by atoms with Crippen molar-refractivity contribution in [3.05, 3.63) is 28.2 Å². The van der Waals surface area contributed by atoms with Crippen LogP contribution in [0, 0.1) is 5.41 Å². The number of nitrogens with zero attached hydrogens (tertiary/aromatic N) is 1. The average molecular weight is 367 g/mol. The van der Waals surface area contributed by atoms with Crippen LogP contribution in [0.1, 0.15) is 19.8 Å². The maximum atomic E-state index is 12.0. The first-order chi connectivity index (χ1) is 9.92. The number of nitrogens with one attached hydrogen (secondary N) is 1. The Morgan fingerprint density at radius 1 is 1.45 bits per heavy atom. The third-order valence-electron chi connectivity index (χ3n) is 3.99. The van der Waals surface area contributed by atoms with E-state index in [0.29, 0.717) is 28.7 Å². The van der Waals surface area contributed by atoms with E-state index in [1.165, 1.54) is 0 Å². The van der Waals surface area contributed by atoms with Gasteiger partial charge in [-0.25, -0.2) is 0 Å². The Hall–Kier alpha value is -0.520. The minimum atomic E-state index is -0.0551. The van der Waals surface area contributed by atoms with Crippen LogP contribution in [0.25, 0.3) is 0 Å². The summed E-state index contributed by atoms with van der Waals surface area (Å²) in [6, 6.07) is 5.02. The van der Waals surface area contributed by atoms with Gasteiger partial charge in [0, 0.05) is 24.5 Å². The van der Waals surface area contributed by atoms with E-state index in [4.69, 9.17) is 28.9 Å². The Kier molecular flexibility index (Phi) is 7.42. The molecular weight excluding hydrogens is 345 g/mol. The highest BCUT2D eigenvalue weighted by atomic mass is 35.5. The van der Waals surface area contributed by atoms with Gasteiger partial charge < -0.3 is 16.0 Å². The van der Waals surface area contributed by atoms with E-state index in [1.807, 2.05) is 0 Å². The molecule has 124 valence electrons. The fraction of sp³-hybridized carbons (Fsp3) is 0.533. The number of anilines is 1. The Morgan fingerprint density at radius 2 is 2.18 bits per heavy atom. The van der Waals surface area contributed by atoms with Crippen molar-refractivity contribution in [3.63, 3.8) is 0 Å². The largest absolute Gasteiger partial charge is 0.330 e. The number of rotatable bonds is 5. The Balaban J connectivity index is 0.00000242. The number of likely N-dealkylation sites (tertiary alicyclic amines) is 1. The van der Waals surface area contributed by atoms with Crippen LogP contribution < -0.4 is 11.1 Å². The minimum Gasteiger partial charge on any atom is -0.330 e. The summed E-state index contributed by atoms with van der Waals surface area (Å²) in [5, 5.41) is 3.84. The predicted octanol–water partition coefficient (Wildman–Crippen LogP) is 3.41. The third kappa shape index (κ3) is 5.28. The van der Waals surface area contributed by atoms with Crippen LogP contribution in [-0.2, 0) is 4.79 Å². The van der Waals surface area contributed by atoms with E-state index in [-0.39, 0.29) is 23.7 Å². The lowest BCUT2D eigenvalue weighted by molar-refractivity contribution is -0.116. The molecule has 0 aliphatic carbocycles. The summed E-state index contributed by atoms with van der Waals surface area (Å²) in [5.74, 6) is -0.0551. The Morgan fingerprint density at radius 3 is 2.82 bits per heavy atom. The van der Waals surface area contributed by atoms with Gasteiger partial charge in [-0.2, -0.15) is 0 Å². The van der Waals surface area contributed by atoms with Gasteiger partial charge in [0.15, 0.2) is 0 Å². The topological polar surface area (TPSA) is 58.4 Å². The third-order valence-corrected chi connectivity index (χ3v) is 4.55. The van der Waals surface area contributed by atoms with Gasteiger partial charge in [-0.05, 0) is 43.1 Å². The zero-order chi connectivity index (χ0) is 15.5. The van der Waals surface area contributed by atoms with E-state index in [0.717, 1.165) is 26.1 Å². The quantitative estimate of drug-likeness (QED) is 0.839. The Labute approximate surface area is 147 Å². The molecule has 1 atom stereocenters. The second-order valence-electron chi connectivity index (χ2n) is 5.96. The van der Waals surface area contributed by atoms with Crippen molar-refractivity contribution in [1.29, 1.82) is 0 Å². The van der Waals surface area contributed by atoms with Crippen molar-refractivity contribution in [2.45, 2.75) is 19.8 Å². The molecule has 1 fully saturated rings. The summed E-state index contributed by atoms with van der Waals surface area (Å²) >= 11 is 11.9. The molecule has 1 aromatic rings. The van der Waals surface area contributed by atoms with Crippen LogP contribution in [0.4, 0.5) is 5.69 Å². The average Bonchev–Trinajstić information content (AvgIpc) is 2.83. The van der Waals surface area contributed by atoms with Gasteiger partial charge in [0.1, 0.15) is 0 Å². The summed E-state index contributed by atoms with van der Waals surface area (Å²) in [5.41, 5.74) is 6.53. The van der Waals surface area contributed by atoms with Gasteiger partial charge in [-0.3, -0.25) is 4.79 Å². The second kappa shape index (κ2) is 8.37. The van der Waals surface area contributed by atoms with E-state index in [2.05, 4.69) is 17.1 Å². The molecule has 2 rings (SSSR count). The van der Waals surface area contributed by atoms with Crippen LogP contribution in [-0.4, -0.2) is 37.0 Å². The molecule has 0 bridgehead atoms. The molecule has 1 saturated heterocycles. The zero-order valence-electron chi connectivity index (χ0n) is 12.6. The lowest BCUT2D eigenvalue weighted by atomic mass is 9.90. The number of halogens is 3. The molecule has 4 nitrogen and oxygen atoms in total. The number of hydrogen-bond acceptors (Lipinski definition) is 3. The molecule has 1 aliphatic heterocycles. The standard InChI is InChI=1S/C15H21Cl2N3O.ClH/c1-15(9-18)5-7-20(10-15)6-4-14(21)19-13-8-11(16)2-3-12(13)17;/h2-3,8H,4-7,9-10,18H2,1H3,(H,19,21);1H. The number of amides is 1. The van der Waals surface area contributed by atoms with Gasteiger partial charge in [-0.1, -0.05) is 30.1 Å². The molecule has 3 N–H and O–H groups in total. The lowest BCUT2D eigenvalue weighted by Gasteiger charge is -2.22. The molecule has 0 saturated carbocycles. The summed E-state index contributed by atoms with van der Waals surface area (Å²) in [4.78, 5) is 14.3. The molecule has 0 spiro atoms. The monoisotopic (exact) mass is 365 g/mol. The van der Waals surface area contributed by atoms with Gasteiger partial charge in [0.2, 0.25) is 5.91 Å². The van der Waals surface area contributed by atoms with E-state index in [9.17, 15) is 4.79 Å². The van der Waals surface area contributed by atoms with Crippen LogP contribution in [0.3, 0.4) is 0 Å². The van der Waals surface area contributed by atoms with Gasteiger partial charge >= 0.3 is 0 Å². The number of nitrogens with two attached hydrogens (primary N) is 1. The van der Waals surface area contributed by atoms with Crippen LogP contribution in [0.2, 0.25) is 10.0 Å². The van der Waals surface area contributed by atoms with Gasteiger partial charge in [-0.15, -0.1) is 12.4 Å². The molecular formula is C15H22Cl3N3O. The maximum absolute atomic E-state index is 12.0. The van der Waals surface area contributed by atoms with E-state index < -0.39 is 0 Å². The molecule has 1 aromatic carbocycles. The van der Waals surface area contributed by atoms with Crippen LogP contribution in [0.5, 0.6) is 0 Å². The fourth-order valence-electron chi connectivity index (χ4n) is 2.55. The molecule has 22 heavy (non-hydrogen) atoms. The summed E-state index contributed by atoms with van der Waals surface area (Å²) in [6.45, 7) is 5.57. The normalized spacial score (nSPS) is 21.5. The van der Waals surface area contributed by atoms with Crippen molar-refractivity contribution in [1.82, 2.24) is 4.90 Å². The molecule has 1 heterocycles. The molecule has 1 aliphatic rings. The highest BCUT2D eigenvalue weighted by molar-refractivity contribution is 6.35. The molecule has 1 amide bonds. The maximum Gasteiger partial charge on any atom is 0.225 e. The number of carbonyl (C=O) groups excluding carboxylic acids is 1. The minimum absolute atomic E-state index is 0. The van der Waals surface area contributed by atoms with Crippen LogP contribution >= 0.6 is 35.6 Å². The number of benzene rings is 1. The van der Waals surface area contributed by atoms with Crippen molar-refractivity contribution >= 4 is 47.2 Å². The van der Waals surface area contributed by atoms with Crippen molar-refractivity contribution in [3.8, 4) is 0 Å².